The first-order chi connectivity index (χ1) is 14.7. The maximum absolute atomic E-state index is 6.03. The van der Waals surface area contributed by atoms with Crippen molar-refractivity contribution in [1.82, 2.24) is 16.0 Å². The van der Waals surface area contributed by atoms with Crippen LogP contribution in [0.1, 0.15) is 30.7 Å². The van der Waals surface area contributed by atoms with Gasteiger partial charge in [-0.25, -0.2) is 0 Å². The highest BCUT2D eigenvalue weighted by Crippen LogP contribution is 2.26. The minimum Gasteiger partial charge on any atom is -0.404 e. The quantitative estimate of drug-likeness (QED) is 0.456. The third-order valence-corrected chi connectivity index (χ3v) is 5.61. The Balaban J connectivity index is 1.83. The molecule has 1 atom stereocenters. The van der Waals surface area contributed by atoms with E-state index in [2.05, 4.69) is 64.3 Å². The third kappa shape index (κ3) is 5.88. The number of allylic oxidation sites excluding steroid dienone is 4. The summed E-state index contributed by atoms with van der Waals surface area (Å²) in [5.74, 6) is 0.342. The number of hydrogen-bond donors (Lipinski definition) is 5. The topological polar surface area (TPSA) is 74.1 Å². The average molecular weight is 406 g/mol. The second kappa shape index (κ2) is 11.4. The molecule has 0 saturated carbocycles. The summed E-state index contributed by atoms with van der Waals surface area (Å²) < 4.78 is 0. The highest BCUT2D eigenvalue weighted by molar-refractivity contribution is 5.56. The number of nitrogens with one attached hydrogen (secondary N) is 4. The largest absolute Gasteiger partial charge is 0.404 e. The zero-order valence-electron chi connectivity index (χ0n) is 18.0. The summed E-state index contributed by atoms with van der Waals surface area (Å²) in [7, 11) is 1.94. The summed E-state index contributed by atoms with van der Waals surface area (Å²) in [4.78, 5) is 0. The highest BCUT2D eigenvalue weighted by Gasteiger charge is 2.16. The average Bonchev–Trinajstić information content (AvgIpc) is 2.78. The Hall–Kier alpha value is -2.76. The first-order valence-corrected chi connectivity index (χ1v) is 10.9. The van der Waals surface area contributed by atoms with Crippen LogP contribution < -0.4 is 37.4 Å². The molecule has 1 aliphatic carbocycles. The molecule has 6 N–H and O–H groups in total. The minimum absolute atomic E-state index is 0.342. The number of piperidine rings is 1. The molecular formula is C25H35N5. The normalized spacial score (nSPS) is 21.1. The minimum atomic E-state index is 0.342. The van der Waals surface area contributed by atoms with E-state index in [1.807, 2.05) is 25.4 Å². The van der Waals surface area contributed by atoms with Gasteiger partial charge in [-0.2, -0.15) is 0 Å². The van der Waals surface area contributed by atoms with Gasteiger partial charge in [0.2, 0.25) is 0 Å². The van der Waals surface area contributed by atoms with E-state index in [-0.39, 0.29) is 0 Å². The Morgan fingerprint density at radius 3 is 2.77 bits per heavy atom. The summed E-state index contributed by atoms with van der Waals surface area (Å²) in [5, 5.41) is 15.8. The predicted molar refractivity (Wildman–Crippen MR) is 129 cm³/mol. The van der Waals surface area contributed by atoms with Gasteiger partial charge in [0.15, 0.2) is 0 Å². The summed E-state index contributed by atoms with van der Waals surface area (Å²) in [5.41, 5.74) is 9.57. The maximum atomic E-state index is 6.03. The van der Waals surface area contributed by atoms with Gasteiger partial charge >= 0.3 is 0 Å². The van der Waals surface area contributed by atoms with Gasteiger partial charge in [-0.15, -0.1) is 0 Å². The number of anilines is 1. The number of nitrogens with two attached hydrogens (primary N) is 1. The fraction of sp³-hybridized carbons (Fsp3) is 0.360. The summed E-state index contributed by atoms with van der Waals surface area (Å²) in [6.07, 6.45) is 19.5. The molecule has 30 heavy (non-hydrogen) atoms. The highest BCUT2D eigenvalue weighted by atomic mass is 15.0. The van der Waals surface area contributed by atoms with Crippen LogP contribution in [0.15, 0.2) is 61.0 Å². The van der Waals surface area contributed by atoms with E-state index in [0.717, 1.165) is 60.7 Å². The van der Waals surface area contributed by atoms with E-state index in [1.165, 1.54) is 5.56 Å². The lowest BCUT2D eigenvalue weighted by atomic mass is 9.90. The molecule has 0 spiro atoms. The van der Waals surface area contributed by atoms with Crippen LogP contribution in [0.3, 0.4) is 0 Å². The predicted octanol–water partition coefficient (Wildman–Crippen LogP) is 1.76. The van der Waals surface area contributed by atoms with Crippen molar-refractivity contribution in [2.24, 2.45) is 5.73 Å². The molecule has 160 valence electrons. The Morgan fingerprint density at radius 2 is 2.10 bits per heavy atom. The number of likely N-dealkylation sites (N-methyl/N-ethyl adjacent to an activating group) is 1. The van der Waals surface area contributed by atoms with Crippen molar-refractivity contribution < 1.29 is 0 Å². The van der Waals surface area contributed by atoms with Crippen LogP contribution in [-0.4, -0.2) is 32.7 Å². The lowest BCUT2D eigenvalue weighted by Gasteiger charge is -2.26. The van der Waals surface area contributed by atoms with Gasteiger partial charge in [-0.05, 0) is 68.5 Å². The molecule has 1 aromatic rings. The van der Waals surface area contributed by atoms with Crippen LogP contribution in [0.25, 0.3) is 12.3 Å². The van der Waals surface area contributed by atoms with Crippen LogP contribution in [0.5, 0.6) is 0 Å². The van der Waals surface area contributed by atoms with Crippen LogP contribution in [-0.2, 0) is 0 Å². The van der Waals surface area contributed by atoms with Gasteiger partial charge in [0, 0.05) is 41.3 Å². The lowest BCUT2D eigenvalue weighted by molar-refractivity contribution is 0.479. The standard InChI is InChI=1S/C25H35N5/c1-3-5-20-16-21(19-6-8-22(9-7-19)29-13-4-12-27-2)17-25(24(20)18-26)30-23-10-14-28-15-11-23/h3-6,8-9,13,16-19,23,27-30H,1,7,10-12,14-15,26H2,2H3/b13-4-,20-5-,24-18+. The molecule has 1 aliphatic heterocycles. The van der Waals surface area contributed by atoms with Crippen molar-refractivity contribution in [3.05, 3.63) is 77.0 Å². The van der Waals surface area contributed by atoms with Crippen LogP contribution >= 0.6 is 0 Å². The van der Waals surface area contributed by atoms with Crippen molar-refractivity contribution in [2.45, 2.75) is 31.2 Å². The molecule has 0 radical (unpaired) electrons. The maximum Gasteiger partial charge on any atom is 0.0439 e. The molecule has 1 heterocycles. The zero-order valence-corrected chi connectivity index (χ0v) is 18.0. The van der Waals surface area contributed by atoms with Gasteiger partial charge < -0.3 is 27.0 Å². The molecule has 5 nitrogen and oxygen atoms in total. The molecule has 0 bridgehead atoms. The third-order valence-electron chi connectivity index (χ3n) is 5.61. The molecular weight excluding hydrogens is 370 g/mol. The van der Waals surface area contributed by atoms with Crippen molar-refractivity contribution >= 4 is 18.0 Å². The van der Waals surface area contributed by atoms with Crippen molar-refractivity contribution in [3.63, 3.8) is 0 Å². The van der Waals surface area contributed by atoms with Gasteiger partial charge in [-0.1, -0.05) is 43.0 Å². The van der Waals surface area contributed by atoms with Crippen LogP contribution in [0.2, 0.25) is 0 Å². The Labute approximate surface area is 180 Å². The number of hydrogen-bond acceptors (Lipinski definition) is 5. The van der Waals surface area contributed by atoms with E-state index in [0.29, 0.717) is 12.0 Å². The monoisotopic (exact) mass is 405 g/mol. The fourth-order valence-corrected chi connectivity index (χ4v) is 3.98. The molecule has 5 heteroatoms. The fourth-order valence-electron chi connectivity index (χ4n) is 3.98. The van der Waals surface area contributed by atoms with Crippen LogP contribution in [0, 0.1) is 0 Å². The smallest absolute Gasteiger partial charge is 0.0439 e. The van der Waals surface area contributed by atoms with Gasteiger partial charge in [0.05, 0.1) is 0 Å². The van der Waals surface area contributed by atoms with Crippen molar-refractivity contribution in [1.29, 1.82) is 0 Å². The molecule has 2 aliphatic rings. The van der Waals surface area contributed by atoms with E-state index >= 15 is 0 Å². The zero-order chi connectivity index (χ0) is 21.2. The Bertz CT molecular complexity index is 920. The van der Waals surface area contributed by atoms with Gasteiger partial charge in [0.1, 0.15) is 0 Å². The molecule has 1 aromatic carbocycles. The number of rotatable bonds is 8. The number of benzene rings is 1. The molecule has 1 fully saturated rings. The summed E-state index contributed by atoms with van der Waals surface area (Å²) >= 11 is 0. The Kier molecular flexibility index (Phi) is 8.36. The van der Waals surface area contributed by atoms with Gasteiger partial charge in [0.25, 0.3) is 0 Å². The summed E-state index contributed by atoms with van der Waals surface area (Å²) in [6, 6.07) is 4.98. The molecule has 1 unspecified atom stereocenters. The Morgan fingerprint density at radius 1 is 1.27 bits per heavy atom. The summed E-state index contributed by atoms with van der Waals surface area (Å²) in [6.45, 7) is 6.85. The van der Waals surface area contributed by atoms with E-state index in [4.69, 9.17) is 5.73 Å². The second-order valence-corrected chi connectivity index (χ2v) is 7.77. The van der Waals surface area contributed by atoms with E-state index in [9.17, 15) is 0 Å². The first kappa shape index (κ1) is 21.9. The van der Waals surface area contributed by atoms with E-state index < -0.39 is 0 Å². The first-order valence-electron chi connectivity index (χ1n) is 10.9. The van der Waals surface area contributed by atoms with Crippen molar-refractivity contribution in [3.8, 4) is 0 Å². The SMILES string of the molecule is C=C/C=c1/cc(C2C=CC(N/C=C\CNC)=CC2)cc(NC2CCNCC2)/c1=C/N. The van der Waals surface area contributed by atoms with Crippen molar-refractivity contribution in [2.75, 3.05) is 32.0 Å². The molecule has 0 aromatic heterocycles. The molecule has 0 amide bonds. The molecule has 3 rings (SSSR count). The van der Waals surface area contributed by atoms with Crippen LogP contribution in [0.4, 0.5) is 5.69 Å². The second-order valence-electron chi connectivity index (χ2n) is 7.77. The lowest BCUT2D eigenvalue weighted by Crippen LogP contribution is -2.38. The molecule has 1 saturated heterocycles. The van der Waals surface area contributed by atoms with Gasteiger partial charge in [-0.3, -0.25) is 0 Å². The van der Waals surface area contributed by atoms with E-state index in [1.54, 1.807) is 6.20 Å².